The Morgan fingerprint density at radius 3 is 2.92 bits per heavy atom. The predicted molar refractivity (Wildman–Crippen MR) is 46.3 cm³/mol. The first-order valence-corrected chi connectivity index (χ1v) is 3.89. The van der Waals surface area contributed by atoms with Crippen LogP contribution in [0.2, 0.25) is 0 Å². The van der Waals surface area contributed by atoms with Gasteiger partial charge in [0.1, 0.15) is 0 Å². The molecular formula is C9H13NO2. The van der Waals surface area contributed by atoms with E-state index in [9.17, 15) is 0 Å². The zero-order chi connectivity index (χ0) is 8.97. The van der Waals surface area contributed by atoms with Crippen LogP contribution in [-0.2, 0) is 0 Å². The van der Waals surface area contributed by atoms with Crippen LogP contribution >= 0.6 is 0 Å². The fourth-order valence-electron chi connectivity index (χ4n) is 0.912. The highest BCUT2D eigenvalue weighted by Gasteiger charge is 2.05. The molecule has 0 aliphatic heterocycles. The van der Waals surface area contributed by atoms with Crippen molar-refractivity contribution in [3.8, 4) is 5.88 Å². The number of ether oxygens (including phenoxy) is 1. The van der Waals surface area contributed by atoms with Crippen LogP contribution < -0.4 is 4.74 Å². The largest absolute Gasteiger partial charge is 0.481 e. The Kier molecular flexibility index (Phi) is 3.05. The van der Waals surface area contributed by atoms with Gasteiger partial charge in [-0.3, -0.25) is 0 Å². The summed E-state index contributed by atoms with van der Waals surface area (Å²) < 4.78 is 4.96. The van der Waals surface area contributed by atoms with E-state index in [1.165, 1.54) is 0 Å². The van der Waals surface area contributed by atoms with Gasteiger partial charge in [0.05, 0.1) is 13.7 Å². The molecule has 0 saturated heterocycles. The molecule has 0 spiro atoms. The van der Waals surface area contributed by atoms with Gasteiger partial charge in [-0.1, -0.05) is 13.0 Å². The molecule has 0 fully saturated rings. The zero-order valence-corrected chi connectivity index (χ0v) is 7.32. The van der Waals surface area contributed by atoms with Crippen LogP contribution in [-0.4, -0.2) is 23.8 Å². The van der Waals surface area contributed by atoms with Crippen molar-refractivity contribution in [2.75, 3.05) is 13.7 Å². The molecule has 1 aromatic heterocycles. The predicted octanol–water partition coefficient (Wildman–Crippen LogP) is 1.19. The topological polar surface area (TPSA) is 42.4 Å². The van der Waals surface area contributed by atoms with Crippen molar-refractivity contribution < 1.29 is 9.84 Å². The molecule has 3 heteroatoms. The van der Waals surface area contributed by atoms with Gasteiger partial charge in [0.25, 0.3) is 0 Å². The van der Waals surface area contributed by atoms with E-state index in [1.807, 2.05) is 19.1 Å². The summed E-state index contributed by atoms with van der Waals surface area (Å²) in [6.07, 6.45) is 0. The van der Waals surface area contributed by atoms with E-state index in [2.05, 4.69) is 4.98 Å². The van der Waals surface area contributed by atoms with E-state index in [1.54, 1.807) is 13.2 Å². The summed E-state index contributed by atoms with van der Waals surface area (Å²) in [6.45, 7) is 2.03. The molecule has 0 radical (unpaired) electrons. The quantitative estimate of drug-likeness (QED) is 0.735. The number of hydrogen-bond donors (Lipinski definition) is 1. The Morgan fingerprint density at radius 1 is 1.58 bits per heavy atom. The molecule has 0 aromatic carbocycles. The van der Waals surface area contributed by atoms with Gasteiger partial charge in [0.15, 0.2) is 0 Å². The third-order valence-electron chi connectivity index (χ3n) is 1.73. The molecule has 0 saturated carbocycles. The summed E-state index contributed by atoms with van der Waals surface area (Å²) in [6, 6.07) is 5.53. The minimum absolute atomic E-state index is 0.0695. The lowest BCUT2D eigenvalue weighted by Crippen LogP contribution is -2.02. The Labute approximate surface area is 72.0 Å². The van der Waals surface area contributed by atoms with Crippen LogP contribution in [0.15, 0.2) is 18.2 Å². The second-order valence-corrected chi connectivity index (χ2v) is 2.69. The van der Waals surface area contributed by atoms with Crippen molar-refractivity contribution in [2.24, 2.45) is 0 Å². The second-order valence-electron chi connectivity index (χ2n) is 2.69. The first-order chi connectivity index (χ1) is 5.77. The first-order valence-electron chi connectivity index (χ1n) is 3.89. The molecule has 0 bridgehead atoms. The summed E-state index contributed by atoms with van der Waals surface area (Å²) >= 11 is 0. The van der Waals surface area contributed by atoms with Gasteiger partial charge in [-0.25, -0.2) is 4.98 Å². The average Bonchev–Trinajstić information content (AvgIpc) is 2.17. The molecule has 66 valence electrons. The number of aliphatic hydroxyl groups is 1. The maximum absolute atomic E-state index is 8.87. The fraction of sp³-hybridized carbons (Fsp3) is 0.444. The molecule has 1 rings (SSSR count). The van der Waals surface area contributed by atoms with Crippen LogP contribution in [0.3, 0.4) is 0 Å². The third kappa shape index (κ3) is 1.95. The smallest absolute Gasteiger partial charge is 0.213 e. The van der Waals surface area contributed by atoms with Gasteiger partial charge in [-0.05, 0) is 6.07 Å². The molecule has 0 aliphatic carbocycles. The van der Waals surface area contributed by atoms with E-state index in [0.717, 1.165) is 5.69 Å². The molecule has 1 aromatic rings. The van der Waals surface area contributed by atoms with Crippen LogP contribution in [0.25, 0.3) is 0 Å². The second kappa shape index (κ2) is 4.07. The summed E-state index contributed by atoms with van der Waals surface area (Å²) in [4.78, 5) is 4.18. The van der Waals surface area contributed by atoms with Crippen molar-refractivity contribution in [1.82, 2.24) is 4.98 Å². The lowest BCUT2D eigenvalue weighted by molar-refractivity contribution is 0.270. The number of hydrogen-bond acceptors (Lipinski definition) is 3. The Hall–Kier alpha value is -1.09. The lowest BCUT2D eigenvalue weighted by Gasteiger charge is -2.07. The van der Waals surface area contributed by atoms with Crippen LogP contribution in [0.5, 0.6) is 5.88 Å². The zero-order valence-electron chi connectivity index (χ0n) is 7.32. The minimum Gasteiger partial charge on any atom is -0.481 e. The molecule has 0 unspecified atom stereocenters. The normalized spacial score (nSPS) is 12.6. The van der Waals surface area contributed by atoms with E-state index < -0.39 is 0 Å². The Bertz CT molecular complexity index is 250. The van der Waals surface area contributed by atoms with Crippen LogP contribution in [0.4, 0.5) is 0 Å². The van der Waals surface area contributed by atoms with Crippen LogP contribution in [0, 0.1) is 0 Å². The summed E-state index contributed by atoms with van der Waals surface area (Å²) in [5.74, 6) is 0.660. The van der Waals surface area contributed by atoms with Gasteiger partial charge < -0.3 is 9.84 Å². The third-order valence-corrected chi connectivity index (χ3v) is 1.73. The summed E-state index contributed by atoms with van der Waals surface area (Å²) in [5, 5.41) is 8.87. The van der Waals surface area contributed by atoms with Gasteiger partial charge in [-0.15, -0.1) is 0 Å². The van der Waals surface area contributed by atoms with E-state index in [-0.39, 0.29) is 12.5 Å². The SMILES string of the molecule is COc1cccc([C@@H](C)CO)n1. The van der Waals surface area contributed by atoms with Gasteiger partial charge in [0.2, 0.25) is 5.88 Å². The van der Waals surface area contributed by atoms with Crippen LogP contribution in [0.1, 0.15) is 18.5 Å². The standard InChI is InChI=1S/C9H13NO2/c1-7(6-11)8-4-3-5-9(10-8)12-2/h3-5,7,11H,6H2,1-2H3/t7-/m0/s1. The molecule has 1 atom stereocenters. The fourth-order valence-corrected chi connectivity index (χ4v) is 0.912. The Morgan fingerprint density at radius 2 is 2.33 bits per heavy atom. The maximum Gasteiger partial charge on any atom is 0.213 e. The maximum atomic E-state index is 8.87. The van der Waals surface area contributed by atoms with Crippen molar-refractivity contribution in [3.63, 3.8) is 0 Å². The average molecular weight is 167 g/mol. The van der Waals surface area contributed by atoms with E-state index >= 15 is 0 Å². The number of aliphatic hydroxyl groups excluding tert-OH is 1. The highest BCUT2D eigenvalue weighted by molar-refractivity contribution is 5.18. The molecule has 12 heavy (non-hydrogen) atoms. The highest BCUT2D eigenvalue weighted by Crippen LogP contribution is 2.14. The Balaban J connectivity index is 2.86. The van der Waals surface area contributed by atoms with Gasteiger partial charge in [-0.2, -0.15) is 0 Å². The molecule has 1 heterocycles. The van der Waals surface area contributed by atoms with Crippen molar-refractivity contribution in [3.05, 3.63) is 23.9 Å². The number of aromatic nitrogens is 1. The minimum atomic E-state index is 0.0695. The molecule has 1 N–H and O–H groups in total. The number of methoxy groups -OCH3 is 1. The molecule has 3 nitrogen and oxygen atoms in total. The summed E-state index contributed by atoms with van der Waals surface area (Å²) in [7, 11) is 1.58. The van der Waals surface area contributed by atoms with Gasteiger partial charge >= 0.3 is 0 Å². The van der Waals surface area contributed by atoms with E-state index in [0.29, 0.717) is 5.88 Å². The lowest BCUT2D eigenvalue weighted by atomic mass is 10.1. The van der Waals surface area contributed by atoms with Crippen molar-refractivity contribution in [1.29, 1.82) is 0 Å². The van der Waals surface area contributed by atoms with Crippen molar-refractivity contribution >= 4 is 0 Å². The molecule has 0 amide bonds. The van der Waals surface area contributed by atoms with Crippen molar-refractivity contribution in [2.45, 2.75) is 12.8 Å². The molecule has 0 aliphatic rings. The molecular weight excluding hydrogens is 154 g/mol. The first kappa shape index (κ1) is 9.00. The summed E-state index contributed by atoms with van der Waals surface area (Å²) in [5.41, 5.74) is 0.858. The monoisotopic (exact) mass is 167 g/mol. The number of rotatable bonds is 3. The highest BCUT2D eigenvalue weighted by atomic mass is 16.5. The van der Waals surface area contributed by atoms with Gasteiger partial charge in [0, 0.05) is 17.7 Å². The van der Waals surface area contributed by atoms with E-state index in [4.69, 9.17) is 9.84 Å². The number of nitrogens with zero attached hydrogens (tertiary/aromatic N) is 1. The number of pyridine rings is 1.